The summed E-state index contributed by atoms with van der Waals surface area (Å²) in [6.07, 6.45) is 3.12. The Morgan fingerprint density at radius 3 is 2.67 bits per heavy atom. The van der Waals surface area contributed by atoms with Crippen LogP contribution in [0.3, 0.4) is 0 Å². The van der Waals surface area contributed by atoms with Gasteiger partial charge in [0.1, 0.15) is 10.4 Å². The number of aromatic nitrogens is 1. The number of Topliss-reactive ketones (excluding diaryl/α,β-unsaturated/α-hetero) is 1. The summed E-state index contributed by atoms with van der Waals surface area (Å²) in [5, 5.41) is 3.87. The lowest BCUT2D eigenvalue weighted by Crippen LogP contribution is -2.32. The molecule has 3 rings (SSSR count). The summed E-state index contributed by atoms with van der Waals surface area (Å²) >= 11 is 2.76. The second-order valence-electron chi connectivity index (χ2n) is 6.38. The van der Waals surface area contributed by atoms with E-state index in [1.807, 2.05) is 16.8 Å². The number of hydrogen-bond acceptors (Lipinski definition) is 7. The van der Waals surface area contributed by atoms with E-state index in [-0.39, 0.29) is 24.5 Å². The molecule has 0 bridgehead atoms. The molecule has 2 heterocycles. The lowest BCUT2D eigenvalue weighted by Gasteiger charge is -2.10. The highest BCUT2D eigenvalue weighted by Gasteiger charge is 2.13. The van der Waals surface area contributed by atoms with Crippen molar-refractivity contribution in [3.8, 4) is 5.75 Å². The summed E-state index contributed by atoms with van der Waals surface area (Å²) in [5.74, 6) is -0.0380. The SMILES string of the molecule is CCOC(=O)/C=c1/s/c(=C/c2ccsc2)c(=O)n1Cc1cc(C(C)=O)ccc1OC. The van der Waals surface area contributed by atoms with Crippen molar-refractivity contribution in [3.05, 3.63) is 71.3 Å². The van der Waals surface area contributed by atoms with Crippen LogP contribution in [0.5, 0.6) is 5.75 Å². The molecule has 0 atom stereocenters. The number of thiazole rings is 1. The zero-order valence-corrected chi connectivity index (χ0v) is 18.5. The van der Waals surface area contributed by atoms with Gasteiger partial charge >= 0.3 is 5.97 Å². The number of methoxy groups -OCH3 is 1. The molecule has 30 heavy (non-hydrogen) atoms. The highest BCUT2D eigenvalue weighted by atomic mass is 32.1. The van der Waals surface area contributed by atoms with E-state index in [0.717, 1.165) is 5.56 Å². The molecule has 0 saturated carbocycles. The first kappa shape index (κ1) is 21.7. The van der Waals surface area contributed by atoms with Crippen LogP contribution >= 0.6 is 22.7 Å². The van der Waals surface area contributed by atoms with Crippen molar-refractivity contribution in [1.29, 1.82) is 0 Å². The van der Waals surface area contributed by atoms with E-state index in [0.29, 0.717) is 26.1 Å². The molecule has 3 aromatic rings. The van der Waals surface area contributed by atoms with Gasteiger partial charge in [-0.3, -0.25) is 14.2 Å². The normalized spacial score (nSPS) is 12.2. The van der Waals surface area contributed by atoms with Crippen LogP contribution < -0.4 is 19.5 Å². The zero-order chi connectivity index (χ0) is 21.7. The average Bonchev–Trinajstić information content (AvgIpc) is 3.32. The second kappa shape index (κ2) is 9.69. The van der Waals surface area contributed by atoms with E-state index >= 15 is 0 Å². The summed E-state index contributed by atoms with van der Waals surface area (Å²) in [7, 11) is 1.53. The van der Waals surface area contributed by atoms with Gasteiger partial charge in [-0.2, -0.15) is 11.3 Å². The number of carbonyl (C=O) groups is 2. The van der Waals surface area contributed by atoms with Gasteiger partial charge in [-0.15, -0.1) is 11.3 Å². The monoisotopic (exact) mass is 443 g/mol. The highest BCUT2D eigenvalue weighted by molar-refractivity contribution is 7.08. The van der Waals surface area contributed by atoms with Crippen LogP contribution in [-0.4, -0.2) is 30.0 Å². The van der Waals surface area contributed by atoms with Crippen molar-refractivity contribution < 1.29 is 19.1 Å². The number of nitrogens with zero attached hydrogens (tertiary/aromatic N) is 1. The maximum atomic E-state index is 13.1. The van der Waals surface area contributed by atoms with E-state index in [4.69, 9.17) is 9.47 Å². The summed E-state index contributed by atoms with van der Waals surface area (Å²) in [6.45, 7) is 3.60. The van der Waals surface area contributed by atoms with E-state index in [9.17, 15) is 14.4 Å². The van der Waals surface area contributed by atoms with Gasteiger partial charge in [-0.25, -0.2) is 4.79 Å². The number of hydrogen-bond donors (Lipinski definition) is 0. The molecule has 0 aliphatic rings. The highest BCUT2D eigenvalue weighted by Crippen LogP contribution is 2.20. The number of thiophene rings is 1. The van der Waals surface area contributed by atoms with Gasteiger partial charge in [0.2, 0.25) is 0 Å². The smallest absolute Gasteiger partial charge is 0.333 e. The summed E-state index contributed by atoms with van der Waals surface area (Å²) in [6, 6.07) is 7.02. The van der Waals surface area contributed by atoms with Crippen LogP contribution in [0.1, 0.15) is 35.3 Å². The lowest BCUT2D eigenvalue weighted by molar-refractivity contribution is -0.135. The van der Waals surface area contributed by atoms with Gasteiger partial charge < -0.3 is 9.47 Å². The molecule has 8 heteroatoms. The zero-order valence-electron chi connectivity index (χ0n) is 16.8. The van der Waals surface area contributed by atoms with E-state index < -0.39 is 5.97 Å². The van der Waals surface area contributed by atoms with Gasteiger partial charge in [-0.1, -0.05) is 0 Å². The molecule has 2 aromatic heterocycles. The molecule has 0 unspecified atom stereocenters. The van der Waals surface area contributed by atoms with Crippen molar-refractivity contribution in [2.24, 2.45) is 0 Å². The summed E-state index contributed by atoms with van der Waals surface area (Å²) in [4.78, 5) is 37.0. The van der Waals surface area contributed by atoms with Gasteiger partial charge in [0.05, 0.1) is 30.9 Å². The minimum atomic E-state index is -0.515. The molecule has 1 aromatic carbocycles. The molecular formula is C22H21NO5S2. The Hall–Kier alpha value is -2.97. The standard InChI is InChI=1S/C22H21NO5S2/c1-4-28-21(25)11-20-23(22(26)19(30-20)9-15-7-8-29-13-15)12-17-10-16(14(2)24)5-6-18(17)27-3/h5-11,13H,4,12H2,1-3H3/b19-9+,20-11+. The first-order valence-corrected chi connectivity index (χ1v) is 11.0. The maximum Gasteiger partial charge on any atom is 0.333 e. The largest absolute Gasteiger partial charge is 0.496 e. The first-order valence-electron chi connectivity index (χ1n) is 9.22. The van der Waals surface area contributed by atoms with Crippen molar-refractivity contribution >= 4 is 46.6 Å². The molecule has 0 aliphatic heterocycles. The molecule has 0 saturated heterocycles. The second-order valence-corrected chi connectivity index (χ2v) is 8.22. The van der Waals surface area contributed by atoms with Crippen molar-refractivity contribution in [3.63, 3.8) is 0 Å². The van der Waals surface area contributed by atoms with E-state index in [2.05, 4.69) is 0 Å². The number of ether oxygens (including phenoxy) is 2. The first-order chi connectivity index (χ1) is 14.4. The fourth-order valence-electron chi connectivity index (χ4n) is 2.88. The third-order valence-corrected chi connectivity index (χ3v) is 6.08. The Morgan fingerprint density at radius 2 is 2.03 bits per heavy atom. The quantitative estimate of drug-likeness (QED) is 0.414. The fraction of sp³-hybridized carbons (Fsp3) is 0.227. The van der Waals surface area contributed by atoms with Crippen LogP contribution in [0.2, 0.25) is 0 Å². The molecule has 0 N–H and O–H groups in total. The Balaban J connectivity index is 2.17. The number of carbonyl (C=O) groups excluding carboxylic acids is 2. The fourth-order valence-corrected chi connectivity index (χ4v) is 4.53. The third kappa shape index (κ3) is 4.95. The topological polar surface area (TPSA) is 74.6 Å². The molecule has 0 aliphatic carbocycles. The number of benzene rings is 1. The molecular weight excluding hydrogens is 422 g/mol. The molecule has 0 spiro atoms. The molecule has 0 amide bonds. The van der Waals surface area contributed by atoms with Gasteiger partial charge in [0.15, 0.2) is 5.78 Å². The van der Waals surface area contributed by atoms with Crippen LogP contribution in [0, 0.1) is 0 Å². The molecule has 156 valence electrons. The Labute approximate surface area is 181 Å². The lowest BCUT2D eigenvalue weighted by atomic mass is 10.1. The van der Waals surface area contributed by atoms with E-state index in [1.165, 1.54) is 47.4 Å². The van der Waals surface area contributed by atoms with Gasteiger partial charge in [0.25, 0.3) is 5.56 Å². The molecule has 6 nitrogen and oxygen atoms in total. The minimum Gasteiger partial charge on any atom is -0.496 e. The summed E-state index contributed by atoms with van der Waals surface area (Å²) < 4.78 is 12.9. The number of rotatable bonds is 7. The maximum absolute atomic E-state index is 13.1. The summed E-state index contributed by atoms with van der Waals surface area (Å²) in [5.41, 5.74) is 1.89. The third-order valence-electron chi connectivity index (χ3n) is 4.32. The predicted molar refractivity (Wildman–Crippen MR) is 119 cm³/mol. The average molecular weight is 444 g/mol. The molecule has 0 radical (unpaired) electrons. The van der Waals surface area contributed by atoms with Crippen LogP contribution in [0.4, 0.5) is 0 Å². The Morgan fingerprint density at radius 1 is 1.23 bits per heavy atom. The van der Waals surface area contributed by atoms with E-state index in [1.54, 1.807) is 31.2 Å². The number of esters is 1. The van der Waals surface area contributed by atoms with Crippen LogP contribution in [0.25, 0.3) is 12.2 Å². The van der Waals surface area contributed by atoms with Gasteiger partial charge in [0, 0.05) is 11.1 Å². The van der Waals surface area contributed by atoms with Gasteiger partial charge in [-0.05, 0) is 60.5 Å². The Kier molecular flexibility index (Phi) is 7.02. The minimum absolute atomic E-state index is 0.0821. The van der Waals surface area contributed by atoms with Crippen LogP contribution in [0.15, 0.2) is 39.8 Å². The van der Waals surface area contributed by atoms with Crippen molar-refractivity contribution in [2.45, 2.75) is 20.4 Å². The predicted octanol–water partition coefficient (Wildman–Crippen LogP) is 2.40. The Bertz CT molecular complexity index is 1240. The van der Waals surface area contributed by atoms with Crippen molar-refractivity contribution in [1.82, 2.24) is 4.57 Å². The van der Waals surface area contributed by atoms with Crippen LogP contribution in [-0.2, 0) is 16.1 Å². The number of ketones is 1. The molecule has 0 fully saturated rings. The van der Waals surface area contributed by atoms with Crippen molar-refractivity contribution in [2.75, 3.05) is 13.7 Å².